The molecule has 0 aliphatic carbocycles. The second kappa shape index (κ2) is 33.3. The van der Waals surface area contributed by atoms with Crippen LogP contribution in [0.5, 0.6) is 0 Å². The number of hydrogen-bond donors (Lipinski definition) is 3. The molecule has 0 rings (SSSR count). The molecule has 0 spiro atoms. The van der Waals surface area contributed by atoms with E-state index in [0.717, 1.165) is 13.2 Å². The molecule has 0 aliphatic heterocycles. The third-order valence-electron chi connectivity index (χ3n) is 1.94. The minimum atomic E-state index is 0.0278. The highest BCUT2D eigenvalue weighted by atomic mass is 16.5. The lowest BCUT2D eigenvalue weighted by Crippen LogP contribution is -2.10. The van der Waals surface area contributed by atoms with Crippen molar-refractivity contribution in [2.75, 3.05) is 86.4 Å². The molecule has 23 heavy (non-hydrogen) atoms. The first-order valence-electron chi connectivity index (χ1n) is 7.87. The number of aliphatic hydroxyl groups is 3. The van der Waals surface area contributed by atoms with E-state index in [1.54, 1.807) is 7.11 Å². The molecule has 0 aromatic carbocycles. The number of hydrogen-bond acceptors (Lipinski definition) is 8. The van der Waals surface area contributed by atoms with E-state index in [9.17, 15) is 0 Å². The van der Waals surface area contributed by atoms with Crippen molar-refractivity contribution in [1.29, 1.82) is 0 Å². The van der Waals surface area contributed by atoms with Gasteiger partial charge in [-0.3, -0.25) is 0 Å². The Morgan fingerprint density at radius 2 is 0.826 bits per heavy atom. The molecule has 0 saturated heterocycles. The van der Waals surface area contributed by atoms with Crippen molar-refractivity contribution in [3.63, 3.8) is 0 Å². The standard InChI is InChI=1S/C8H18O4.C4H10O3.C3H8O/c1-2-10-5-6-12-8-7-11-4-3-9;5-1-3-7-4-2-6;1-3-4-2/h9H,2-8H2,1H3;5-6H,1-4H2;3H2,1-2H3. The molecule has 0 aliphatic rings. The van der Waals surface area contributed by atoms with Crippen LogP contribution in [-0.4, -0.2) is 102 Å². The van der Waals surface area contributed by atoms with Crippen LogP contribution in [-0.2, 0) is 23.7 Å². The van der Waals surface area contributed by atoms with Gasteiger partial charge in [0, 0.05) is 20.3 Å². The van der Waals surface area contributed by atoms with Gasteiger partial charge in [-0.25, -0.2) is 0 Å². The summed E-state index contributed by atoms with van der Waals surface area (Å²) >= 11 is 0. The van der Waals surface area contributed by atoms with Gasteiger partial charge in [0.2, 0.25) is 0 Å². The molecule has 144 valence electrons. The third-order valence-corrected chi connectivity index (χ3v) is 1.94. The van der Waals surface area contributed by atoms with Crippen LogP contribution >= 0.6 is 0 Å². The Morgan fingerprint density at radius 1 is 0.522 bits per heavy atom. The summed E-state index contributed by atoms with van der Waals surface area (Å²) in [6, 6.07) is 0. The van der Waals surface area contributed by atoms with Crippen LogP contribution in [0.4, 0.5) is 0 Å². The zero-order chi connectivity index (χ0) is 18.0. The van der Waals surface area contributed by atoms with Crippen molar-refractivity contribution in [2.24, 2.45) is 0 Å². The highest BCUT2D eigenvalue weighted by molar-refractivity contribution is 4.32. The summed E-state index contributed by atoms with van der Waals surface area (Å²) in [6.45, 7) is 8.94. The summed E-state index contributed by atoms with van der Waals surface area (Å²) in [6.07, 6.45) is 0. The number of rotatable bonds is 14. The molecular weight excluding hydrogens is 308 g/mol. The van der Waals surface area contributed by atoms with Crippen LogP contribution in [0.25, 0.3) is 0 Å². The summed E-state index contributed by atoms with van der Waals surface area (Å²) < 4.78 is 24.4. The molecule has 0 radical (unpaired) electrons. The zero-order valence-electron chi connectivity index (χ0n) is 14.9. The lowest BCUT2D eigenvalue weighted by atomic mass is 10.7. The van der Waals surface area contributed by atoms with Crippen LogP contribution in [0.15, 0.2) is 0 Å². The molecule has 3 N–H and O–H groups in total. The fourth-order valence-corrected chi connectivity index (χ4v) is 0.880. The van der Waals surface area contributed by atoms with Gasteiger partial charge in [0.15, 0.2) is 0 Å². The summed E-state index contributed by atoms with van der Waals surface area (Å²) in [5.41, 5.74) is 0. The quantitative estimate of drug-likeness (QED) is 0.368. The van der Waals surface area contributed by atoms with E-state index >= 15 is 0 Å². The predicted octanol–water partition coefficient (Wildman–Crippen LogP) is -0.311. The molecule has 0 amide bonds. The van der Waals surface area contributed by atoms with Crippen molar-refractivity contribution >= 4 is 0 Å². The Morgan fingerprint density at radius 3 is 1.13 bits per heavy atom. The van der Waals surface area contributed by atoms with Crippen molar-refractivity contribution in [3.05, 3.63) is 0 Å². The van der Waals surface area contributed by atoms with Crippen LogP contribution in [0.1, 0.15) is 13.8 Å². The molecule has 0 heterocycles. The lowest BCUT2D eigenvalue weighted by Gasteiger charge is -2.04. The van der Waals surface area contributed by atoms with E-state index in [1.807, 2.05) is 13.8 Å². The number of ether oxygens (including phenoxy) is 5. The van der Waals surface area contributed by atoms with E-state index in [-0.39, 0.29) is 19.8 Å². The second-order valence-electron chi connectivity index (χ2n) is 3.78. The average molecular weight is 344 g/mol. The van der Waals surface area contributed by atoms with E-state index in [0.29, 0.717) is 46.2 Å². The summed E-state index contributed by atoms with van der Waals surface area (Å²) in [4.78, 5) is 0. The Kier molecular flexibility index (Phi) is 39.9. The van der Waals surface area contributed by atoms with Gasteiger partial charge < -0.3 is 39.0 Å². The van der Waals surface area contributed by atoms with Gasteiger partial charge in [0.05, 0.1) is 66.1 Å². The Labute approximate surface area is 140 Å². The van der Waals surface area contributed by atoms with Gasteiger partial charge in [-0.05, 0) is 13.8 Å². The molecule has 8 heteroatoms. The third kappa shape index (κ3) is 44.9. The largest absolute Gasteiger partial charge is 0.394 e. The average Bonchev–Trinajstić information content (AvgIpc) is 2.59. The summed E-state index contributed by atoms with van der Waals surface area (Å²) in [5.74, 6) is 0. The highest BCUT2D eigenvalue weighted by Gasteiger charge is 1.88. The smallest absolute Gasteiger partial charge is 0.0701 e. The van der Waals surface area contributed by atoms with Gasteiger partial charge in [-0.1, -0.05) is 0 Å². The van der Waals surface area contributed by atoms with Crippen molar-refractivity contribution in [3.8, 4) is 0 Å². The Hall–Kier alpha value is -0.320. The minimum Gasteiger partial charge on any atom is -0.394 e. The Bertz CT molecular complexity index is 144. The first kappa shape index (κ1) is 27.5. The van der Waals surface area contributed by atoms with E-state index in [4.69, 9.17) is 29.5 Å². The molecule has 0 saturated carbocycles. The molecule has 8 nitrogen and oxygen atoms in total. The molecular formula is C15H36O8. The fourth-order valence-electron chi connectivity index (χ4n) is 0.880. The van der Waals surface area contributed by atoms with E-state index in [2.05, 4.69) is 9.47 Å². The molecule has 0 aromatic heterocycles. The second-order valence-corrected chi connectivity index (χ2v) is 3.78. The maximum absolute atomic E-state index is 8.35. The van der Waals surface area contributed by atoms with Gasteiger partial charge in [0.25, 0.3) is 0 Å². The highest BCUT2D eigenvalue weighted by Crippen LogP contribution is 1.80. The van der Waals surface area contributed by atoms with Gasteiger partial charge in [-0.2, -0.15) is 0 Å². The van der Waals surface area contributed by atoms with Gasteiger partial charge in [-0.15, -0.1) is 0 Å². The van der Waals surface area contributed by atoms with Crippen LogP contribution in [0.3, 0.4) is 0 Å². The van der Waals surface area contributed by atoms with Crippen molar-refractivity contribution in [2.45, 2.75) is 13.8 Å². The number of aliphatic hydroxyl groups excluding tert-OH is 3. The molecule has 0 atom stereocenters. The van der Waals surface area contributed by atoms with Gasteiger partial charge in [0.1, 0.15) is 0 Å². The van der Waals surface area contributed by atoms with E-state index in [1.165, 1.54) is 0 Å². The van der Waals surface area contributed by atoms with Crippen LogP contribution in [0, 0.1) is 0 Å². The van der Waals surface area contributed by atoms with Crippen LogP contribution < -0.4 is 0 Å². The monoisotopic (exact) mass is 344 g/mol. The first-order chi connectivity index (χ1) is 11.2. The molecule has 0 bridgehead atoms. The maximum Gasteiger partial charge on any atom is 0.0701 e. The zero-order valence-corrected chi connectivity index (χ0v) is 14.9. The lowest BCUT2D eigenvalue weighted by molar-refractivity contribution is 0.00965. The SMILES string of the molecule is CCOC.CCOCCOCCOCCO.OCCOCCO. The predicted molar refractivity (Wildman–Crippen MR) is 87.8 cm³/mol. The van der Waals surface area contributed by atoms with Gasteiger partial charge >= 0.3 is 0 Å². The fraction of sp³-hybridized carbons (Fsp3) is 1.00. The summed E-state index contributed by atoms with van der Waals surface area (Å²) in [5, 5.41) is 24.5. The number of methoxy groups -OCH3 is 1. The molecule has 0 unspecified atom stereocenters. The summed E-state index contributed by atoms with van der Waals surface area (Å²) in [7, 11) is 1.68. The normalized spacial score (nSPS) is 9.65. The minimum absolute atomic E-state index is 0.0278. The Balaban J connectivity index is -0.000000307. The molecule has 0 aromatic rings. The topological polar surface area (TPSA) is 107 Å². The first-order valence-corrected chi connectivity index (χ1v) is 7.87. The molecule has 0 fully saturated rings. The maximum atomic E-state index is 8.35. The van der Waals surface area contributed by atoms with E-state index < -0.39 is 0 Å². The van der Waals surface area contributed by atoms with Crippen molar-refractivity contribution in [1.82, 2.24) is 0 Å². The van der Waals surface area contributed by atoms with Crippen molar-refractivity contribution < 1.29 is 39.0 Å². The van der Waals surface area contributed by atoms with Crippen LogP contribution in [0.2, 0.25) is 0 Å².